The van der Waals surface area contributed by atoms with Crippen LogP contribution in [0.1, 0.15) is 12.8 Å². The fraction of sp³-hybridized carbons (Fsp3) is 0.500. The molecule has 7 heteroatoms. The molecule has 2 aromatic rings. The maximum atomic E-state index is 5.65. The summed E-state index contributed by atoms with van der Waals surface area (Å²) in [5.74, 6) is 2.70. The average molecular weight is 340 g/mol. The molecule has 1 atom stereocenters. The summed E-state index contributed by atoms with van der Waals surface area (Å²) in [5.41, 5.74) is 0. The van der Waals surface area contributed by atoms with Crippen molar-refractivity contribution in [1.82, 2.24) is 15.0 Å². The van der Waals surface area contributed by atoms with E-state index in [1.54, 1.807) is 0 Å². The van der Waals surface area contributed by atoms with Crippen LogP contribution in [0, 0.1) is 0 Å². The van der Waals surface area contributed by atoms with Crippen LogP contribution in [0.25, 0.3) is 0 Å². The standard InChI is InChI=1S/C18H24N6O/c1-2-7-19-17(5-1)23-9-11-24(12-10-23)18-20-8-6-16(22-18)21-14-15-4-3-13-25-15/h1-2,5-8,15H,3-4,9-14H2,(H,20,21,22). The van der Waals surface area contributed by atoms with Crippen LogP contribution in [0.2, 0.25) is 0 Å². The second kappa shape index (κ2) is 7.65. The molecule has 1 unspecified atom stereocenters. The van der Waals surface area contributed by atoms with E-state index in [1.165, 1.54) is 0 Å². The Hall–Kier alpha value is -2.41. The summed E-state index contributed by atoms with van der Waals surface area (Å²) in [4.78, 5) is 18.1. The molecule has 0 amide bonds. The van der Waals surface area contributed by atoms with Crippen molar-refractivity contribution < 1.29 is 4.74 Å². The van der Waals surface area contributed by atoms with Crippen molar-refractivity contribution in [3.8, 4) is 0 Å². The van der Waals surface area contributed by atoms with Gasteiger partial charge in [0.2, 0.25) is 5.95 Å². The van der Waals surface area contributed by atoms with Crippen molar-refractivity contribution >= 4 is 17.6 Å². The van der Waals surface area contributed by atoms with Crippen LogP contribution >= 0.6 is 0 Å². The lowest BCUT2D eigenvalue weighted by Gasteiger charge is -2.35. The molecule has 2 aromatic heterocycles. The normalized spacial score (nSPS) is 20.7. The van der Waals surface area contributed by atoms with Crippen LogP contribution < -0.4 is 15.1 Å². The number of piperazine rings is 1. The summed E-state index contributed by atoms with van der Waals surface area (Å²) in [5, 5.41) is 3.38. The molecule has 0 aliphatic carbocycles. The Morgan fingerprint density at radius 3 is 2.68 bits per heavy atom. The zero-order chi connectivity index (χ0) is 16.9. The first kappa shape index (κ1) is 16.1. The highest BCUT2D eigenvalue weighted by molar-refractivity contribution is 5.45. The van der Waals surface area contributed by atoms with Gasteiger partial charge >= 0.3 is 0 Å². The van der Waals surface area contributed by atoms with Crippen LogP contribution in [0.5, 0.6) is 0 Å². The lowest BCUT2D eigenvalue weighted by Crippen LogP contribution is -2.47. The van der Waals surface area contributed by atoms with E-state index in [1.807, 2.05) is 30.6 Å². The predicted molar refractivity (Wildman–Crippen MR) is 98.2 cm³/mol. The quantitative estimate of drug-likeness (QED) is 0.890. The minimum absolute atomic E-state index is 0.306. The lowest BCUT2D eigenvalue weighted by atomic mass is 10.2. The molecule has 0 aromatic carbocycles. The Morgan fingerprint density at radius 1 is 1.04 bits per heavy atom. The summed E-state index contributed by atoms with van der Waals surface area (Å²) in [6, 6.07) is 7.95. The van der Waals surface area contributed by atoms with Crippen molar-refractivity contribution in [1.29, 1.82) is 0 Å². The third-order valence-electron chi connectivity index (χ3n) is 4.71. The molecule has 1 N–H and O–H groups in total. The molecule has 4 rings (SSSR count). The third kappa shape index (κ3) is 3.99. The zero-order valence-electron chi connectivity index (χ0n) is 14.3. The summed E-state index contributed by atoms with van der Waals surface area (Å²) in [6.07, 6.45) is 6.25. The van der Waals surface area contributed by atoms with Gasteiger partial charge in [0, 0.05) is 51.7 Å². The molecule has 2 aliphatic heterocycles. The zero-order valence-corrected chi connectivity index (χ0v) is 14.3. The van der Waals surface area contributed by atoms with E-state index in [9.17, 15) is 0 Å². The number of hydrogen-bond donors (Lipinski definition) is 1. The minimum atomic E-state index is 0.306. The van der Waals surface area contributed by atoms with E-state index in [2.05, 4.69) is 36.1 Å². The van der Waals surface area contributed by atoms with E-state index in [-0.39, 0.29) is 0 Å². The van der Waals surface area contributed by atoms with Gasteiger partial charge in [0.1, 0.15) is 11.6 Å². The Morgan fingerprint density at radius 2 is 1.92 bits per heavy atom. The van der Waals surface area contributed by atoms with E-state index >= 15 is 0 Å². The third-order valence-corrected chi connectivity index (χ3v) is 4.71. The predicted octanol–water partition coefficient (Wildman–Crippen LogP) is 1.79. The van der Waals surface area contributed by atoms with Crippen molar-refractivity contribution in [3.63, 3.8) is 0 Å². The molecule has 2 aliphatic rings. The number of nitrogens with zero attached hydrogens (tertiary/aromatic N) is 5. The van der Waals surface area contributed by atoms with Gasteiger partial charge < -0.3 is 19.9 Å². The second-order valence-electron chi connectivity index (χ2n) is 6.42. The van der Waals surface area contributed by atoms with Crippen molar-refractivity contribution in [2.45, 2.75) is 18.9 Å². The number of aromatic nitrogens is 3. The summed E-state index contributed by atoms with van der Waals surface area (Å²) < 4.78 is 5.65. The van der Waals surface area contributed by atoms with Gasteiger partial charge in [0.15, 0.2) is 0 Å². The fourth-order valence-corrected chi connectivity index (χ4v) is 3.30. The largest absolute Gasteiger partial charge is 0.376 e. The van der Waals surface area contributed by atoms with Crippen LogP contribution in [-0.2, 0) is 4.74 Å². The molecule has 132 valence electrons. The minimum Gasteiger partial charge on any atom is -0.376 e. The van der Waals surface area contributed by atoms with Gasteiger partial charge in [-0.1, -0.05) is 6.07 Å². The molecule has 25 heavy (non-hydrogen) atoms. The Bertz CT molecular complexity index is 668. The number of anilines is 3. The van der Waals surface area contributed by atoms with E-state index in [0.717, 1.165) is 69.8 Å². The highest BCUT2D eigenvalue weighted by Crippen LogP contribution is 2.18. The van der Waals surface area contributed by atoms with Crippen LogP contribution in [0.4, 0.5) is 17.6 Å². The number of pyridine rings is 1. The molecule has 0 bridgehead atoms. The van der Waals surface area contributed by atoms with Gasteiger partial charge in [0.25, 0.3) is 0 Å². The molecule has 2 fully saturated rings. The first-order chi connectivity index (χ1) is 12.4. The van der Waals surface area contributed by atoms with E-state index in [0.29, 0.717) is 6.10 Å². The highest BCUT2D eigenvalue weighted by atomic mass is 16.5. The van der Waals surface area contributed by atoms with E-state index < -0.39 is 0 Å². The smallest absolute Gasteiger partial charge is 0.227 e. The number of ether oxygens (including phenoxy) is 1. The first-order valence-electron chi connectivity index (χ1n) is 8.98. The fourth-order valence-electron chi connectivity index (χ4n) is 3.30. The molecule has 0 spiro atoms. The van der Waals surface area contributed by atoms with Crippen molar-refractivity contribution in [3.05, 3.63) is 36.7 Å². The van der Waals surface area contributed by atoms with Gasteiger partial charge in [0.05, 0.1) is 6.10 Å². The lowest BCUT2D eigenvalue weighted by molar-refractivity contribution is 0.120. The molecule has 2 saturated heterocycles. The highest BCUT2D eigenvalue weighted by Gasteiger charge is 2.20. The Labute approximate surface area is 148 Å². The Balaban J connectivity index is 1.34. The van der Waals surface area contributed by atoms with Crippen molar-refractivity contribution in [2.75, 3.05) is 54.4 Å². The maximum Gasteiger partial charge on any atom is 0.227 e. The van der Waals surface area contributed by atoms with Gasteiger partial charge in [-0.05, 0) is 31.0 Å². The SMILES string of the molecule is c1ccc(N2CCN(c3nccc(NCC4CCCO4)n3)CC2)nc1. The van der Waals surface area contributed by atoms with Crippen LogP contribution in [0.3, 0.4) is 0 Å². The van der Waals surface area contributed by atoms with Gasteiger partial charge in [-0.25, -0.2) is 9.97 Å². The van der Waals surface area contributed by atoms with Crippen molar-refractivity contribution in [2.24, 2.45) is 0 Å². The molecule has 7 nitrogen and oxygen atoms in total. The summed E-state index contributed by atoms with van der Waals surface area (Å²) >= 11 is 0. The maximum absolute atomic E-state index is 5.65. The molecular formula is C18H24N6O. The second-order valence-corrected chi connectivity index (χ2v) is 6.42. The summed E-state index contributed by atoms with van der Waals surface area (Å²) in [7, 11) is 0. The monoisotopic (exact) mass is 340 g/mol. The van der Waals surface area contributed by atoms with Gasteiger partial charge in [-0.15, -0.1) is 0 Å². The summed E-state index contributed by atoms with van der Waals surface area (Å²) in [6.45, 7) is 5.32. The molecule has 0 saturated carbocycles. The topological polar surface area (TPSA) is 66.4 Å². The number of nitrogens with one attached hydrogen (secondary N) is 1. The van der Waals surface area contributed by atoms with E-state index in [4.69, 9.17) is 4.74 Å². The van der Waals surface area contributed by atoms with Gasteiger partial charge in [-0.3, -0.25) is 0 Å². The first-order valence-corrected chi connectivity index (χ1v) is 8.98. The number of rotatable bonds is 5. The molecule has 0 radical (unpaired) electrons. The van der Waals surface area contributed by atoms with Gasteiger partial charge in [-0.2, -0.15) is 4.98 Å². The average Bonchev–Trinajstić information content (AvgIpc) is 3.21. The van der Waals surface area contributed by atoms with Crippen LogP contribution in [0.15, 0.2) is 36.7 Å². The number of hydrogen-bond acceptors (Lipinski definition) is 7. The molecular weight excluding hydrogens is 316 g/mol. The van der Waals surface area contributed by atoms with Crippen LogP contribution in [-0.4, -0.2) is 60.4 Å². The Kier molecular flexibility index (Phi) is 4.92. The molecule has 4 heterocycles.